The molecule has 5 aliphatic rings. The van der Waals surface area contributed by atoms with Gasteiger partial charge in [0, 0.05) is 37.6 Å². The summed E-state index contributed by atoms with van der Waals surface area (Å²) in [6.07, 6.45) is 9.73. The largest absolute Gasteiger partial charge is 0.339 e. The minimum absolute atomic E-state index is 0. The molecule has 5 heteroatoms. The summed E-state index contributed by atoms with van der Waals surface area (Å²) in [6.45, 7) is 9.80. The number of piperidine rings is 1. The first-order valence-electron chi connectivity index (χ1n) is 14.6. The molecule has 0 spiro atoms. The predicted molar refractivity (Wildman–Crippen MR) is 158 cm³/mol. The maximum atomic E-state index is 13.8. The molecule has 3 heterocycles. The smallest absolute Gasteiger partial charge is 0.254 e. The van der Waals surface area contributed by atoms with Crippen LogP contribution >= 0.6 is 0 Å². The van der Waals surface area contributed by atoms with Crippen LogP contribution in [-0.2, 0) is 0 Å². The Morgan fingerprint density at radius 2 is 1.68 bits per heavy atom. The fourth-order valence-electron chi connectivity index (χ4n) is 6.15. The van der Waals surface area contributed by atoms with Crippen LogP contribution in [0.25, 0.3) is 11.3 Å². The van der Waals surface area contributed by atoms with E-state index in [1.165, 1.54) is 41.5 Å². The zero-order valence-electron chi connectivity index (χ0n) is 23.5. The van der Waals surface area contributed by atoms with Crippen molar-refractivity contribution in [3.05, 3.63) is 76.5 Å². The van der Waals surface area contributed by atoms with Crippen molar-refractivity contribution < 1.29 is 6.22 Å². The Balaban J connectivity index is 0.00000115. The molecule has 3 aliphatic heterocycles. The lowest BCUT2D eigenvalue weighted by atomic mass is 9.75. The van der Waals surface area contributed by atoms with Gasteiger partial charge in [0.1, 0.15) is 0 Å². The lowest BCUT2D eigenvalue weighted by Gasteiger charge is -2.34. The average Bonchev–Trinajstić information content (AvgIpc) is 3.27. The van der Waals surface area contributed by atoms with Gasteiger partial charge < -0.3 is 10.3 Å². The van der Waals surface area contributed by atoms with E-state index >= 15 is 0 Å². The highest BCUT2D eigenvalue weighted by atomic mass is 16.2. The lowest BCUT2D eigenvalue weighted by Crippen LogP contribution is -2.38. The Kier molecular flexibility index (Phi) is 8.11. The second-order valence-corrected chi connectivity index (χ2v) is 11.0. The number of aromatic nitrogens is 1. The van der Waals surface area contributed by atoms with Crippen LogP contribution in [-0.4, -0.2) is 34.6 Å². The van der Waals surface area contributed by atoms with Gasteiger partial charge in [0.15, 0.2) is 0 Å². The van der Waals surface area contributed by atoms with Crippen molar-refractivity contribution in [1.29, 1.82) is 0 Å². The third kappa shape index (κ3) is 5.34. The lowest BCUT2D eigenvalue weighted by molar-refractivity contribution is 0.0712. The number of hydrogen-bond donors (Lipinski definition) is 1. The van der Waals surface area contributed by atoms with Crippen LogP contribution in [0.3, 0.4) is 0 Å². The molecule has 6 rings (SSSR count). The number of rotatable bonds is 4. The first-order chi connectivity index (χ1) is 18.6. The molecule has 1 N–H and O–H groups in total. The summed E-state index contributed by atoms with van der Waals surface area (Å²) in [5.41, 5.74) is 12.8. The summed E-state index contributed by atoms with van der Waals surface area (Å²) in [7, 11) is 0. The summed E-state index contributed by atoms with van der Waals surface area (Å²) < 4.78 is 0. The Bertz CT molecular complexity index is 1250. The molecule has 0 radical (unpaired) electrons. The zero-order chi connectivity index (χ0) is 26.6. The summed E-state index contributed by atoms with van der Waals surface area (Å²) in [4.78, 5) is 20.3. The molecule has 1 atom stereocenters. The van der Waals surface area contributed by atoms with E-state index in [1.807, 2.05) is 20.0 Å². The van der Waals surface area contributed by atoms with Gasteiger partial charge in [-0.2, -0.15) is 5.10 Å². The molecular formula is C33H44N4O. The average molecular weight is 513 g/mol. The van der Waals surface area contributed by atoms with E-state index in [0.717, 1.165) is 61.3 Å². The molecule has 2 aliphatic carbocycles. The predicted octanol–water partition coefficient (Wildman–Crippen LogP) is 7.85. The van der Waals surface area contributed by atoms with E-state index in [1.54, 1.807) is 0 Å². The Hall–Kier alpha value is -3.21. The van der Waals surface area contributed by atoms with Crippen LogP contribution in [0.5, 0.6) is 0 Å². The molecule has 0 bridgehead atoms. The monoisotopic (exact) mass is 512 g/mol. The van der Waals surface area contributed by atoms with Crippen molar-refractivity contribution >= 4 is 11.6 Å². The van der Waals surface area contributed by atoms with E-state index < -0.39 is 0 Å². The second kappa shape index (κ2) is 11.7. The topological polar surface area (TPSA) is 57.6 Å². The van der Waals surface area contributed by atoms with E-state index in [0.29, 0.717) is 11.8 Å². The zero-order valence-corrected chi connectivity index (χ0v) is 23.5. The number of likely N-dealkylation sites (tertiary alicyclic amines) is 1. The maximum absolute atomic E-state index is 13.8. The highest BCUT2D eigenvalue weighted by Crippen LogP contribution is 2.42. The Morgan fingerprint density at radius 3 is 2.37 bits per heavy atom. The first-order valence-corrected chi connectivity index (χ1v) is 14.6. The highest BCUT2D eigenvalue weighted by molar-refractivity contribution is 5.96. The van der Waals surface area contributed by atoms with Crippen molar-refractivity contribution in [2.45, 2.75) is 90.5 Å². The van der Waals surface area contributed by atoms with Gasteiger partial charge in [-0.3, -0.25) is 9.78 Å². The van der Waals surface area contributed by atoms with E-state index in [-0.39, 0.29) is 13.4 Å². The normalized spacial score (nSPS) is 20.2. The summed E-state index contributed by atoms with van der Waals surface area (Å²) in [5.74, 6) is 1.30. The minimum Gasteiger partial charge on any atom is -0.339 e. The van der Waals surface area contributed by atoms with Crippen molar-refractivity contribution in [3.63, 3.8) is 0 Å². The van der Waals surface area contributed by atoms with Crippen molar-refractivity contribution in [3.8, 4) is 11.3 Å². The SMILES string of the molecule is CC.CC1=NNC(c2cc(C(=O)N3CCC(c4ccc5ccnc-5cc4)CC3)c(C)cc2C2CCC2)CC1.[HH]. The third-order valence-electron chi connectivity index (χ3n) is 8.69. The molecule has 5 nitrogen and oxygen atoms in total. The van der Waals surface area contributed by atoms with Crippen LogP contribution in [0.1, 0.15) is 118 Å². The Labute approximate surface area is 229 Å². The number of benzene rings is 1. The molecule has 1 aromatic carbocycles. The van der Waals surface area contributed by atoms with Crippen LogP contribution in [0.15, 0.2) is 53.8 Å². The number of carbonyl (C=O) groups excluding carboxylic acids is 1. The van der Waals surface area contributed by atoms with Crippen LogP contribution < -0.4 is 5.43 Å². The highest BCUT2D eigenvalue weighted by Gasteiger charge is 2.30. The fraction of sp³-hybridized carbons (Fsp3) is 0.485. The van der Waals surface area contributed by atoms with Gasteiger partial charge in [-0.15, -0.1) is 0 Å². The molecule has 38 heavy (non-hydrogen) atoms. The molecular weight excluding hydrogens is 468 g/mol. The van der Waals surface area contributed by atoms with Crippen LogP contribution in [0.4, 0.5) is 0 Å². The third-order valence-corrected chi connectivity index (χ3v) is 8.69. The molecule has 1 amide bonds. The first kappa shape index (κ1) is 26.4. The summed E-state index contributed by atoms with van der Waals surface area (Å²) in [6, 6.07) is 15.5. The number of nitrogens with one attached hydrogen (secondary N) is 1. The number of amides is 1. The van der Waals surface area contributed by atoms with Crippen molar-refractivity contribution in [2.24, 2.45) is 5.10 Å². The number of nitrogens with zero attached hydrogens (tertiary/aromatic N) is 3. The van der Waals surface area contributed by atoms with Gasteiger partial charge in [-0.1, -0.05) is 44.5 Å². The van der Waals surface area contributed by atoms with Gasteiger partial charge in [0.05, 0.1) is 11.7 Å². The van der Waals surface area contributed by atoms with Gasteiger partial charge in [0.25, 0.3) is 5.91 Å². The number of aryl methyl sites for hydroxylation is 1. The fourth-order valence-corrected chi connectivity index (χ4v) is 6.15. The van der Waals surface area contributed by atoms with Crippen molar-refractivity contribution in [2.75, 3.05) is 13.1 Å². The summed E-state index contributed by atoms with van der Waals surface area (Å²) in [5, 5.41) is 4.54. The molecule has 1 saturated carbocycles. The quantitative estimate of drug-likeness (QED) is 0.387. The number of carbonyl (C=O) groups is 1. The summed E-state index contributed by atoms with van der Waals surface area (Å²) >= 11 is 0. The molecule has 0 aromatic heterocycles. The molecule has 1 unspecified atom stereocenters. The van der Waals surface area contributed by atoms with E-state index in [9.17, 15) is 4.79 Å². The minimum atomic E-state index is 0. The van der Waals surface area contributed by atoms with Gasteiger partial charge in [0.2, 0.25) is 0 Å². The van der Waals surface area contributed by atoms with Crippen LogP contribution in [0.2, 0.25) is 0 Å². The van der Waals surface area contributed by atoms with Gasteiger partial charge in [-0.25, -0.2) is 0 Å². The van der Waals surface area contributed by atoms with Crippen LogP contribution in [0, 0.1) is 6.92 Å². The number of hydrazone groups is 1. The van der Waals surface area contributed by atoms with Gasteiger partial charge in [-0.05, 0) is 105 Å². The molecule has 2 fully saturated rings. The molecule has 202 valence electrons. The second-order valence-electron chi connectivity index (χ2n) is 11.0. The van der Waals surface area contributed by atoms with E-state index in [2.05, 4.69) is 76.7 Å². The molecule has 1 saturated heterocycles. The number of fused-ring (bicyclic) bond motifs is 1. The maximum Gasteiger partial charge on any atom is 0.254 e. The Morgan fingerprint density at radius 1 is 0.921 bits per heavy atom. The van der Waals surface area contributed by atoms with Gasteiger partial charge >= 0.3 is 0 Å². The molecule has 1 aromatic rings. The standard InChI is InChI=1S/C31H36N4O.C2H6.H2/c1-20-18-27(24-4-3-5-24)28(30-10-6-21(2)33-34-30)19-26(20)31(36)35-16-13-23(14-17-35)22-7-8-25-12-15-32-29(25)11-9-22;1-2;/h7-9,11-12,15,18-19,23-24,30,34H,3-6,10,13-14,16-17H2,1-2H3;1-2H3;1H. The number of hydrogen-bond acceptors (Lipinski definition) is 4. The van der Waals surface area contributed by atoms with E-state index in [4.69, 9.17) is 0 Å². The van der Waals surface area contributed by atoms with Crippen molar-refractivity contribution in [1.82, 2.24) is 15.3 Å².